The van der Waals surface area contributed by atoms with Crippen molar-refractivity contribution < 1.29 is 9.18 Å². The Balaban J connectivity index is 1.20. The van der Waals surface area contributed by atoms with Crippen molar-refractivity contribution in [2.45, 2.75) is 25.2 Å². The predicted molar refractivity (Wildman–Crippen MR) is 126 cm³/mol. The third-order valence-electron chi connectivity index (χ3n) is 6.27. The van der Waals surface area contributed by atoms with E-state index in [9.17, 15) is 9.18 Å². The number of hydrogen-bond donors (Lipinski definition) is 0. The van der Waals surface area contributed by atoms with Crippen LogP contribution in [0.2, 0.25) is 0 Å². The number of amides is 1. The maximum Gasteiger partial charge on any atom is 0.255 e. The van der Waals surface area contributed by atoms with E-state index in [-0.39, 0.29) is 17.6 Å². The van der Waals surface area contributed by atoms with Crippen molar-refractivity contribution in [3.05, 3.63) is 95.7 Å². The minimum atomic E-state index is -0.255. The summed E-state index contributed by atoms with van der Waals surface area (Å²) in [7, 11) is 1.94. The molecule has 4 heterocycles. The number of carbonyl (C=O) groups excluding carboxylic acids is 1. The van der Waals surface area contributed by atoms with E-state index in [1.54, 1.807) is 30.7 Å². The van der Waals surface area contributed by atoms with E-state index in [0.717, 1.165) is 41.3 Å². The topological polar surface area (TPSA) is 76.8 Å². The predicted octanol–water partition coefficient (Wildman–Crippen LogP) is 4.02. The zero-order chi connectivity index (χ0) is 23.5. The molecule has 0 N–H and O–H groups in total. The van der Waals surface area contributed by atoms with E-state index in [0.29, 0.717) is 25.1 Å². The smallest absolute Gasteiger partial charge is 0.255 e. The van der Waals surface area contributed by atoms with Crippen LogP contribution in [0.25, 0.3) is 11.5 Å². The van der Waals surface area contributed by atoms with Gasteiger partial charge in [-0.1, -0.05) is 12.1 Å². The summed E-state index contributed by atoms with van der Waals surface area (Å²) in [4.78, 5) is 32.9. The molecule has 0 spiro atoms. The van der Waals surface area contributed by atoms with Gasteiger partial charge in [0.15, 0.2) is 5.82 Å². The first-order valence-electron chi connectivity index (χ1n) is 11.3. The van der Waals surface area contributed by atoms with Gasteiger partial charge in [0.1, 0.15) is 11.5 Å². The molecule has 0 saturated carbocycles. The number of halogens is 1. The molecular weight excluding hydrogens is 431 g/mol. The maximum absolute atomic E-state index is 13.1. The van der Waals surface area contributed by atoms with Crippen LogP contribution in [0.3, 0.4) is 0 Å². The lowest BCUT2D eigenvalue weighted by Gasteiger charge is -2.31. The van der Waals surface area contributed by atoms with Crippen molar-refractivity contribution in [2.75, 3.05) is 13.1 Å². The molecule has 0 radical (unpaired) electrons. The van der Waals surface area contributed by atoms with Gasteiger partial charge in [0, 0.05) is 63.0 Å². The summed E-state index contributed by atoms with van der Waals surface area (Å²) in [6, 6.07) is 10.1. The van der Waals surface area contributed by atoms with Gasteiger partial charge in [0.25, 0.3) is 5.91 Å². The highest BCUT2D eigenvalue weighted by atomic mass is 19.1. The molecule has 1 aliphatic heterocycles. The SMILES string of the molecule is Cn1ccnc1-c1cncc(C2CCN(C(=O)c3ccc(Cc4ccc(F)cc4)nc3)CC2)n1. The van der Waals surface area contributed by atoms with Crippen LogP contribution in [-0.4, -0.2) is 48.4 Å². The second kappa shape index (κ2) is 9.51. The van der Waals surface area contributed by atoms with Crippen LogP contribution < -0.4 is 0 Å². The summed E-state index contributed by atoms with van der Waals surface area (Å²) in [5.74, 6) is 0.784. The summed E-state index contributed by atoms with van der Waals surface area (Å²) < 4.78 is 15.0. The molecule has 1 aliphatic rings. The lowest BCUT2D eigenvalue weighted by Crippen LogP contribution is -2.38. The third kappa shape index (κ3) is 4.71. The van der Waals surface area contributed by atoms with Crippen molar-refractivity contribution in [1.29, 1.82) is 0 Å². The fourth-order valence-electron chi connectivity index (χ4n) is 4.33. The Morgan fingerprint density at radius 1 is 1.03 bits per heavy atom. The van der Waals surface area contributed by atoms with Crippen LogP contribution in [0.5, 0.6) is 0 Å². The third-order valence-corrected chi connectivity index (χ3v) is 6.27. The van der Waals surface area contributed by atoms with Gasteiger partial charge in [-0.15, -0.1) is 0 Å². The Morgan fingerprint density at radius 3 is 2.50 bits per heavy atom. The van der Waals surface area contributed by atoms with E-state index in [2.05, 4.69) is 15.0 Å². The van der Waals surface area contributed by atoms with Crippen molar-refractivity contribution in [3.63, 3.8) is 0 Å². The average Bonchev–Trinajstić information content (AvgIpc) is 3.31. The van der Waals surface area contributed by atoms with E-state index in [1.165, 1.54) is 12.1 Å². The van der Waals surface area contributed by atoms with Crippen LogP contribution in [0.4, 0.5) is 4.39 Å². The molecule has 34 heavy (non-hydrogen) atoms. The summed E-state index contributed by atoms with van der Waals surface area (Å²) >= 11 is 0. The summed E-state index contributed by atoms with van der Waals surface area (Å²) in [5.41, 5.74) is 4.10. The van der Waals surface area contributed by atoms with Crippen molar-refractivity contribution >= 4 is 5.91 Å². The summed E-state index contributed by atoms with van der Waals surface area (Å²) in [6.07, 6.45) is 11.1. The average molecular weight is 457 g/mol. The minimum absolute atomic E-state index is 0.00729. The second-order valence-electron chi connectivity index (χ2n) is 8.60. The van der Waals surface area contributed by atoms with Crippen LogP contribution >= 0.6 is 0 Å². The number of aryl methyl sites for hydroxylation is 1. The highest BCUT2D eigenvalue weighted by molar-refractivity contribution is 5.94. The Hall–Kier alpha value is -3.94. The molecule has 1 amide bonds. The Labute approximate surface area is 197 Å². The van der Waals surface area contributed by atoms with Gasteiger partial charge in [0.2, 0.25) is 0 Å². The van der Waals surface area contributed by atoms with Crippen LogP contribution in [0.1, 0.15) is 46.1 Å². The molecule has 3 aromatic heterocycles. The minimum Gasteiger partial charge on any atom is -0.339 e. The number of hydrogen-bond acceptors (Lipinski definition) is 5. The number of pyridine rings is 1. The van der Waals surface area contributed by atoms with Crippen molar-refractivity contribution in [2.24, 2.45) is 7.05 Å². The van der Waals surface area contributed by atoms with E-state index >= 15 is 0 Å². The molecule has 5 rings (SSSR count). The van der Waals surface area contributed by atoms with Gasteiger partial charge in [0.05, 0.1) is 17.5 Å². The normalized spacial score (nSPS) is 14.4. The molecule has 0 aliphatic carbocycles. The number of benzene rings is 1. The molecule has 1 fully saturated rings. The molecule has 7 nitrogen and oxygen atoms in total. The van der Waals surface area contributed by atoms with Gasteiger partial charge in [-0.2, -0.15) is 0 Å². The number of rotatable bonds is 5. The fourth-order valence-corrected chi connectivity index (χ4v) is 4.33. The zero-order valence-electron chi connectivity index (χ0n) is 18.9. The van der Waals surface area contributed by atoms with Crippen LogP contribution in [0, 0.1) is 5.82 Å². The standard InChI is InChI=1S/C26H25FN6O/c1-32-13-10-29-25(32)24-17-28-16-23(31-24)19-8-11-33(12-9-19)26(34)20-4-7-22(30-15-20)14-18-2-5-21(27)6-3-18/h2-7,10,13,15-17,19H,8-9,11-12,14H2,1H3. The zero-order valence-corrected chi connectivity index (χ0v) is 18.9. The highest BCUT2D eigenvalue weighted by Crippen LogP contribution is 2.28. The molecule has 0 bridgehead atoms. The summed E-state index contributed by atoms with van der Waals surface area (Å²) in [5, 5.41) is 0. The Bertz CT molecular complexity index is 1280. The molecule has 8 heteroatoms. The number of nitrogens with zero attached hydrogens (tertiary/aromatic N) is 6. The first-order valence-corrected chi connectivity index (χ1v) is 11.3. The Morgan fingerprint density at radius 2 is 1.82 bits per heavy atom. The van der Waals surface area contributed by atoms with Crippen LogP contribution in [0.15, 0.2) is 67.4 Å². The van der Waals surface area contributed by atoms with E-state index in [1.807, 2.05) is 41.0 Å². The maximum atomic E-state index is 13.1. The van der Waals surface area contributed by atoms with E-state index < -0.39 is 0 Å². The van der Waals surface area contributed by atoms with E-state index in [4.69, 9.17) is 4.98 Å². The monoisotopic (exact) mass is 456 g/mol. The van der Waals surface area contributed by atoms with Gasteiger partial charge >= 0.3 is 0 Å². The highest BCUT2D eigenvalue weighted by Gasteiger charge is 2.26. The molecule has 4 aromatic rings. The molecule has 0 unspecified atom stereocenters. The second-order valence-corrected chi connectivity index (χ2v) is 8.60. The fraction of sp³-hybridized carbons (Fsp3) is 0.269. The van der Waals surface area contributed by atoms with Gasteiger partial charge in [-0.05, 0) is 42.7 Å². The molecule has 1 aromatic carbocycles. The number of piperidine rings is 1. The number of carbonyl (C=O) groups is 1. The van der Waals surface area contributed by atoms with Gasteiger partial charge in [-0.3, -0.25) is 14.8 Å². The largest absolute Gasteiger partial charge is 0.339 e. The number of likely N-dealkylation sites (tertiary alicyclic amines) is 1. The summed E-state index contributed by atoms with van der Waals surface area (Å²) in [6.45, 7) is 1.32. The molecule has 1 saturated heterocycles. The number of imidazole rings is 1. The Kier molecular flexibility index (Phi) is 6.12. The van der Waals surface area contributed by atoms with Crippen molar-refractivity contribution in [1.82, 2.24) is 29.4 Å². The molecule has 0 atom stereocenters. The van der Waals surface area contributed by atoms with Crippen LogP contribution in [-0.2, 0) is 13.5 Å². The lowest BCUT2D eigenvalue weighted by atomic mass is 9.93. The first-order chi connectivity index (χ1) is 16.6. The van der Waals surface area contributed by atoms with Crippen molar-refractivity contribution in [3.8, 4) is 11.5 Å². The van der Waals surface area contributed by atoms with Gasteiger partial charge < -0.3 is 9.47 Å². The van der Waals surface area contributed by atoms with Gasteiger partial charge in [-0.25, -0.2) is 14.4 Å². The lowest BCUT2D eigenvalue weighted by molar-refractivity contribution is 0.0711. The molecular formula is C26H25FN6O. The number of aromatic nitrogens is 5. The molecule has 172 valence electrons. The first kappa shape index (κ1) is 21.9. The quantitative estimate of drug-likeness (QED) is 0.453.